The van der Waals surface area contributed by atoms with Crippen LogP contribution in [0.15, 0.2) is 30.5 Å². The van der Waals surface area contributed by atoms with Gasteiger partial charge < -0.3 is 16.2 Å². The minimum Gasteiger partial charge on any atom is -0.508 e. The lowest BCUT2D eigenvalue weighted by Crippen LogP contribution is -2.43. The van der Waals surface area contributed by atoms with E-state index >= 15 is 0 Å². The number of benzene rings is 1. The fraction of sp³-hybridized carbons (Fsp3) is 0.438. The zero-order valence-electron chi connectivity index (χ0n) is 12.4. The van der Waals surface area contributed by atoms with Gasteiger partial charge in [-0.05, 0) is 42.8 Å². The van der Waals surface area contributed by atoms with Crippen LogP contribution in [0.1, 0.15) is 27.2 Å². The van der Waals surface area contributed by atoms with Crippen molar-refractivity contribution in [1.29, 1.82) is 0 Å². The predicted molar refractivity (Wildman–Crippen MR) is 83.9 cm³/mol. The van der Waals surface area contributed by atoms with Gasteiger partial charge in [0, 0.05) is 23.7 Å². The van der Waals surface area contributed by atoms with E-state index in [4.69, 9.17) is 5.73 Å². The number of nitrogens with one attached hydrogen (secondary N) is 1. The first kappa shape index (κ1) is 14.6. The van der Waals surface area contributed by atoms with Crippen molar-refractivity contribution in [3.63, 3.8) is 0 Å². The summed E-state index contributed by atoms with van der Waals surface area (Å²) in [6.07, 6.45) is 2.73. The lowest BCUT2D eigenvalue weighted by atomic mass is 9.90. The maximum absolute atomic E-state index is 9.68. The number of anilines is 1. The number of aromatic nitrogens is 1. The first-order valence-electron chi connectivity index (χ1n) is 6.99. The molecule has 4 N–H and O–H groups in total. The standard InChI is InChI=1S/C16H23N3O/c1-11(2)9-16(3,10-17)19-15-14-8-13(20)5-4-12(14)6-7-18-15/h4-8,11,20H,9-10,17H2,1-3H3,(H,18,19). The maximum atomic E-state index is 9.68. The Balaban J connectivity index is 2.39. The maximum Gasteiger partial charge on any atom is 0.134 e. The fourth-order valence-electron chi connectivity index (χ4n) is 2.63. The van der Waals surface area contributed by atoms with Crippen LogP contribution in [0, 0.1) is 5.92 Å². The van der Waals surface area contributed by atoms with Gasteiger partial charge >= 0.3 is 0 Å². The third kappa shape index (κ3) is 3.20. The van der Waals surface area contributed by atoms with E-state index in [1.54, 1.807) is 18.3 Å². The summed E-state index contributed by atoms with van der Waals surface area (Å²) in [5.41, 5.74) is 5.73. The van der Waals surface area contributed by atoms with Gasteiger partial charge in [0.15, 0.2) is 0 Å². The Morgan fingerprint density at radius 1 is 1.35 bits per heavy atom. The normalized spacial score (nSPS) is 14.4. The van der Waals surface area contributed by atoms with Gasteiger partial charge in [0.2, 0.25) is 0 Å². The molecule has 1 heterocycles. The average molecular weight is 273 g/mol. The number of hydrogen-bond donors (Lipinski definition) is 3. The Labute approximate surface area is 120 Å². The molecule has 0 fully saturated rings. The van der Waals surface area contributed by atoms with Gasteiger partial charge in [0.25, 0.3) is 0 Å². The molecule has 20 heavy (non-hydrogen) atoms. The Bertz CT molecular complexity index is 597. The number of pyridine rings is 1. The number of phenols is 1. The van der Waals surface area contributed by atoms with Gasteiger partial charge in [-0.3, -0.25) is 0 Å². The summed E-state index contributed by atoms with van der Waals surface area (Å²) in [6, 6.07) is 7.24. The number of fused-ring (bicyclic) bond motifs is 1. The van der Waals surface area contributed by atoms with Crippen molar-refractivity contribution >= 4 is 16.6 Å². The molecule has 0 bridgehead atoms. The summed E-state index contributed by atoms with van der Waals surface area (Å²) in [4.78, 5) is 4.41. The van der Waals surface area contributed by atoms with Crippen molar-refractivity contribution in [2.45, 2.75) is 32.7 Å². The molecule has 0 aliphatic rings. The van der Waals surface area contributed by atoms with E-state index in [0.29, 0.717) is 12.5 Å². The summed E-state index contributed by atoms with van der Waals surface area (Å²) in [5.74, 6) is 1.55. The summed E-state index contributed by atoms with van der Waals surface area (Å²) in [7, 11) is 0. The van der Waals surface area contributed by atoms with E-state index in [0.717, 1.165) is 23.0 Å². The number of hydrogen-bond acceptors (Lipinski definition) is 4. The average Bonchev–Trinajstić information content (AvgIpc) is 2.38. The third-order valence-electron chi connectivity index (χ3n) is 3.48. The van der Waals surface area contributed by atoms with Gasteiger partial charge in [-0.15, -0.1) is 0 Å². The van der Waals surface area contributed by atoms with Crippen molar-refractivity contribution in [2.24, 2.45) is 11.7 Å². The number of aromatic hydroxyl groups is 1. The monoisotopic (exact) mass is 273 g/mol. The largest absolute Gasteiger partial charge is 0.508 e. The summed E-state index contributed by atoms with van der Waals surface area (Å²) >= 11 is 0. The highest BCUT2D eigenvalue weighted by Crippen LogP contribution is 2.28. The molecule has 0 spiro atoms. The van der Waals surface area contributed by atoms with E-state index in [-0.39, 0.29) is 11.3 Å². The lowest BCUT2D eigenvalue weighted by Gasteiger charge is -2.32. The number of phenolic OH excluding ortho intramolecular Hbond substituents is 1. The third-order valence-corrected chi connectivity index (χ3v) is 3.48. The molecule has 0 saturated heterocycles. The summed E-state index contributed by atoms with van der Waals surface area (Å²) < 4.78 is 0. The summed E-state index contributed by atoms with van der Waals surface area (Å²) in [6.45, 7) is 6.99. The van der Waals surface area contributed by atoms with Crippen molar-refractivity contribution in [3.8, 4) is 5.75 Å². The molecule has 108 valence electrons. The van der Waals surface area contributed by atoms with E-state index in [2.05, 4.69) is 31.1 Å². The second-order valence-corrected chi connectivity index (χ2v) is 6.05. The second-order valence-electron chi connectivity index (χ2n) is 6.05. The molecule has 4 heteroatoms. The molecular weight excluding hydrogens is 250 g/mol. The minimum absolute atomic E-state index is 0.207. The van der Waals surface area contributed by atoms with Gasteiger partial charge in [-0.25, -0.2) is 4.98 Å². The van der Waals surface area contributed by atoms with Crippen molar-refractivity contribution < 1.29 is 5.11 Å². The van der Waals surface area contributed by atoms with E-state index < -0.39 is 0 Å². The molecule has 1 unspecified atom stereocenters. The smallest absolute Gasteiger partial charge is 0.134 e. The molecule has 0 radical (unpaired) electrons. The highest BCUT2D eigenvalue weighted by atomic mass is 16.3. The highest BCUT2D eigenvalue weighted by molar-refractivity contribution is 5.92. The molecule has 0 amide bonds. The number of rotatable bonds is 5. The van der Waals surface area contributed by atoms with Crippen molar-refractivity contribution in [1.82, 2.24) is 4.98 Å². The first-order chi connectivity index (χ1) is 9.43. The van der Waals surface area contributed by atoms with E-state index in [9.17, 15) is 5.11 Å². The topological polar surface area (TPSA) is 71.2 Å². The Morgan fingerprint density at radius 3 is 2.75 bits per heavy atom. The number of nitrogens with two attached hydrogens (primary N) is 1. The van der Waals surface area contributed by atoms with Crippen LogP contribution >= 0.6 is 0 Å². The van der Waals surface area contributed by atoms with Crippen LogP contribution in [-0.2, 0) is 0 Å². The van der Waals surface area contributed by atoms with Crippen LogP contribution in [0.3, 0.4) is 0 Å². The first-order valence-corrected chi connectivity index (χ1v) is 6.99. The minimum atomic E-state index is -0.207. The van der Waals surface area contributed by atoms with Gasteiger partial charge in [0.1, 0.15) is 11.6 Å². The molecular formula is C16H23N3O. The van der Waals surface area contributed by atoms with Crippen LogP contribution in [0.5, 0.6) is 5.75 Å². The Morgan fingerprint density at radius 2 is 2.10 bits per heavy atom. The highest BCUT2D eigenvalue weighted by Gasteiger charge is 2.24. The quantitative estimate of drug-likeness (QED) is 0.782. The molecule has 0 saturated carbocycles. The molecule has 0 aliphatic carbocycles. The van der Waals surface area contributed by atoms with E-state index in [1.807, 2.05) is 12.1 Å². The molecule has 4 nitrogen and oxygen atoms in total. The molecule has 2 aromatic rings. The van der Waals surface area contributed by atoms with Gasteiger partial charge in [-0.1, -0.05) is 19.9 Å². The van der Waals surface area contributed by atoms with Gasteiger partial charge in [-0.2, -0.15) is 0 Å². The molecule has 1 atom stereocenters. The van der Waals surface area contributed by atoms with Crippen molar-refractivity contribution in [3.05, 3.63) is 30.5 Å². The molecule has 0 aliphatic heterocycles. The van der Waals surface area contributed by atoms with Gasteiger partial charge in [0.05, 0.1) is 0 Å². The second kappa shape index (κ2) is 5.67. The molecule has 1 aromatic heterocycles. The molecule has 1 aromatic carbocycles. The van der Waals surface area contributed by atoms with Crippen LogP contribution < -0.4 is 11.1 Å². The van der Waals surface area contributed by atoms with Crippen LogP contribution in [0.2, 0.25) is 0 Å². The number of nitrogens with zero attached hydrogens (tertiary/aromatic N) is 1. The van der Waals surface area contributed by atoms with Crippen LogP contribution in [0.25, 0.3) is 10.8 Å². The summed E-state index contributed by atoms with van der Waals surface area (Å²) in [5, 5.41) is 15.1. The van der Waals surface area contributed by atoms with E-state index in [1.165, 1.54) is 0 Å². The fourth-order valence-corrected chi connectivity index (χ4v) is 2.63. The van der Waals surface area contributed by atoms with Crippen LogP contribution in [-0.4, -0.2) is 22.2 Å². The SMILES string of the molecule is CC(C)CC(C)(CN)Nc1nccc2ccc(O)cc12. The Kier molecular flexibility index (Phi) is 4.14. The predicted octanol–water partition coefficient (Wildman–Crippen LogP) is 3.12. The molecule has 2 rings (SSSR count). The lowest BCUT2D eigenvalue weighted by molar-refractivity contribution is 0.406. The zero-order chi connectivity index (χ0) is 14.8. The van der Waals surface area contributed by atoms with Crippen LogP contribution in [0.4, 0.5) is 5.82 Å². The Hall–Kier alpha value is -1.81. The van der Waals surface area contributed by atoms with Crippen molar-refractivity contribution in [2.75, 3.05) is 11.9 Å². The zero-order valence-corrected chi connectivity index (χ0v) is 12.4.